The molecule has 1 saturated heterocycles. The van der Waals surface area contributed by atoms with E-state index in [1.54, 1.807) is 37.3 Å². The van der Waals surface area contributed by atoms with Crippen LogP contribution in [0.1, 0.15) is 50.4 Å². The van der Waals surface area contributed by atoms with Gasteiger partial charge in [-0.25, -0.2) is 9.18 Å². The molecular formula is C37H40FN7O8. The number of hydrogen-bond donors (Lipinski definition) is 3. The highest BCUT2D eigenvalue weighted by molar-refractivity contribution is 6.07. The second kappa shape index (κ2) is 13.6. The van der Waals surface area contributed by atoms with E-state index in [1.807, 2.05) is 14.1 Å². The number of rotatable bonds is 9. The molecule has 3 aromatic carbocycles. The molecule has 0 radical (unpaired) electrons. The van der Waals surface area contributed by atoms with Crippen molar-refractivity contribution in [2.45, 2.75) is 51.7 Å². The number of carbonyl (C=O) groups excluding carboxylic acids is 2. The monoisotopic (exact) mass is 729 g/mol. The van der Waals surface area contributed by atoms with E-state index in [2.05, 4.69) is 20.5 Å². The molecule has 0 bridgehead atoms. The lowest BCUT2D eigenvalue weighted by atomic mass is 10.1. The van der Waals surface area contributed by atoms with E-state index in [1.165, 1.54) is 29.3 Å². The Morgan fingerprint density at radius 3 is 2.60 bits per heavy atom. The van der Waals surface area contributed by atoms with Crippen LogP contribution in [-0.2, 0) is 4.74 Å². The fraction of sp³-hybridized carbons (Fsp3) is 0.378. The van der Waals surface area contributed by atoms with Gasteiger partial charge in [0.05, 0.1) is 39.0 Å². The van der Waals surface area contributed by atoms with Crippen LogP contribution >= 0.6 is 0 Å². The molecule has 2 amide bonds. The van der Waals surface area contributed by atoms with Crippen LogP contribution in [-0.4, -0.2) is 88.0 Å². The minimum atomic E-state index is -0.713. The lowest BCUT2D eigenvalue weighted by Crippen LogP contribution is -2.41. The number of nitro groups is 1. The summed E-state index contributed by atoms with van der Waals surface area (Å²) in [5.41, 5.74) is 0.889. The number of unbranched alkanes of at least 4 members (excludes halogenated alkanes) is 1. The average molecular weight is 730 g/mol. The van der Waals surface area contributed by atoms with Crippen LogP contribution in [0.4, 0.5) is 20.6 Å². The summed E-state index contributed by atoms with van der Waals surface area (Å²) in [5.74, 6) is -1.29. The average Bonchev–Trinajstić information content (AvgIpc) is 3.55. The van der Waals surface area contributed by atoms with Gasteiger partial charge in [0, 0.05) is 44.0 Å². The number of benzene rings is 3. The number of hydrogen-bond acceptors (Lipinski definition) is 10. The Balaban J connectivity index is 1.36. The molecule has 15 nitrogen and oxygen atoms in total. The summed E-state index contributed by atoms with van der Waals surface area (Å²) in [6, 6.07) is 8.22. The van der Waals surface area contributed by atoms with Gasteiger partial charge >= 0.3 is 6.09 Å². The maximum absolute atomic E-state index is 16.0. The standard InChI is InChI=1S/C37H40FN7O8/c1-37(2,3)53-36(48)40-20-10-13-43(18-20)35(47)23-19-44-27-17-29-26(41-25-9-8-21(45(49)50)14-28(25)51-29)16-30(27)52-34-31(39-11-6-7-12-42(4)5)24(38)15-22(32(34)44)33(23)46/h8-9,14-17,19-20,39,41H,6-7,10-13,18H2,1-5H3,(H,40,48)/t20-/m0/s1. The van der Waals surface area contributed by atoms with Crippen LogP contribution in [0.25, 0.3) is 49.8 Å². The van der Waals surface area contributed by atoms with Crippen molar-refractivity contribution in [3.05, 3.63) is 74.3 Å². The summed E-state index contributed by atoms with van der Waals surface area (Å²) in [5, 5.41) is 17.3. The van der Waals surface area contributed by atoms with Gasteiger partial charge in [-0.15, -0.1) is 0 Å². The van der Waals surface area contributed by atoms with Crippen molar-refractivity contribution < 1.29 is 32.5 Å². The number of ether oxygens (including phenoxy) is 1. The van der Waals surface area contributed by atoms with Crippen molar-refractivity contribution in [1.82, 2.24) is 24.5 Å². The molecule has 1 aliphatic heterocycles. The van der Waals surface area contributed by atoms with Gasteiger partial charge in [-0.2, -0.15) is 0 Å². The van der Waals surface area contributed by atoms with Crippen molar-refractivity contribution in [2.75, 3.05) is 45.6 Å². The number of nitrogens with zero attached hydrogens (tertiary/aromatic N) is 4. The Bertz CT molecular complexity index is 2520. The number of likely N-dealkylation sites (tertiary alicyclic amines) is 1. The third kappa shape index (κ3) is 7.01. The number of pyridine rings is 1. The number of halogens is 1. The number of aromatic nitrogens is 2. The predicted octanol–water partition coefficient (Wildman–Crippen LogP) is 6.53. The number of alkyl carbamates (subject to hydrolysis) is 1. The second-order valence-electron chi connectivity index (χ2n) is 14.6. The van der Waals surface area contributed by atoms with Crippen LogP contribution in [0.2, 0.25) is 0 Å². The van der Waals surface area contributed by atoms with E-state index < -0.39 is 39.8 Å². The van der Waals surface area contributed by atoms with E-state index in [0.717, 1.165) is 25.5 Å². The number of anilines is 1. The van der Waals surface area contributed by atoms with E-state index >= 15 is 4.39 Å². The molecule has 53 heavy (non-hydrogen) atoms. The third-order valence-corrected chi connectivity index (χ3v) is 9.15. The van der Waals surface area contributed by atoms with Gasteiger partial charge in [0.15, 0.2) is 28.1 Å². The summed E-state index contributed by atoms with van der Waals surface area (Å²) < 4.78 is 35.5. The molecule has 16 heteroatoms. The van der Waals surface area contributed by atoms with Gasteiger partial charge in [0.2, 0.25) is 5.43 Å². The molecule has 1 fully saturated rings. The van der Waals surface area contributed by atoms with Crippen molar-refractivity contribution in [3.63, 3.8) is 0 Å². The molecule has 1 atom stereocenters. The Morgan fingerprint density at radius 2 is 1.87 bits per heavy atom. The lowest BCUT2D eigenvalue weighted by molar-refractivity contribution is -0.384. The highest BCUT2D eigenvalue weighted by Crippen LogP contribution is 2.36. The molecule has 3 N–H and O–H groups in total. The van der Waals surface area contributed by atoms with Gasteiger partial charge < -0.3 is 43.4 Å². The van der Waals surface area contributed by atoms with Gasteiger partial charge in [0.25, 0.3) is 11.6 Å². The number of nitro benzene ring substituents is 1. The second-order valence-corrected chi connectivity index (χ2v) is 14.6. The highest BCUT2D eigenvalue weighted by atomic mass is 19.1. The number of nitrogens with one attached hydrogen (secondary N) is 3. The molecule has 0 spiro atoms. The van der Waals surface area contributed by atoms with Crippen molar-refractivity contribution in [2.24, 2.45) is 0 Å². The Morgan fingerprint density at radius 1 is 1.09 bits per heavy atom. The van der Waals surface area contributed by atoms with Crippen LogP contribution in [0, 0.1) is 15.9 Å². The quantitative estimate of drug-likeness (QED) is 0.0487. The van der Waals surface area contributed by atoms with Crippen molar-refractivity contribution >= 4 is 73.2 Å². The van der Waals surface area contributed by atoms with E-state index in [4.69, 9.17) is 13.6 Å². The number of H-pyrrole nitrogens is 1. The van der Waals surface area contributed by atoms with E-state index in [-0.39, 0.29) is 57.7 Å². The van der Waals surface area contributed by atoms with Crippen LogP contribution < -0.4 is 16.1 Å². The molecular weight excluding hydrogens is 689 g/mol. The first-order valence-electron chi connectivity index (χ1n) is 17.4. The summed E-state index contributed by atoms with van der Waals surface area (Å²) in [7, 11) is 3.96. The van der Waals surface area contributed by atoms with Gasteiger partial charge in [-0.3, -0.25) is 19.7 Å². The third-order valence-electron chi connectivity index (χ3n) is 9.15. The molecule has 0 aliphatic carbocycles. The van der Waals surface area contributed by atoms with Gasteiger partial charge in [0.1, 0.15) is 22.4 Å². The summed E-state index contributed by atoms with van der Waals surface area (Å²) in [4.78, 5) is 58.2. The summed E-state index contributed by atoms with van der Waals surface area (Å²) in [6.07, 6.45) is 2.88. The number of non-ortho nitro benzene ring substituents is 1. The first-order valence-corrected chi connectivity index (χ1v) is 17.4. The minimum absolute atomic E-state index is 0.0625. The number of fused-ring (bicyclic) bond motifs is 4. The van der Waals surface area contributed by atoms with Crippen LogP contribution in [0.15, 0.2) is 56.2 Å². The molecule has 4 heterocycles. The maximum atomic E-state index is 16.0. The topological polar surface area (TPSA) is 181 Å². The summed E-state index contributed by atoms with van der Waals surface area (Å²) in [6.45, 7) is 6.97. The number of amides is 2. The Kier molecular flexibility index (Phi) is 9.10. The fourth-order valence-electron chi connectivity index (χ4n) is 6.69. The zero-order valence-electron chi connectivity index (χ0n) is 30.0. The fourth-order valence-corrected chi connectivity index (χ4v) is 6.69. The van der Waals surface area contributed by atoms with Crippen LogP contribution in [0.3, 0.4) is 0 Å². The van der Waals surface area contributed by atoms with Crippen molar-refractivity contribution in [1.29, 1.82) is 0 Å². The first-order chi connectivity index (χ1) is 25.2. The first kappa shape index (κ1) is 35.5. The largest absolute Gasteiger partial charge is 0.453 e. The molecule has 3 aromatic heterocycles. The highest BCUT2D eigenvalue weighted by Gasteiger charge is 2.32. The van der Waals surface area contributed by atoms with Gasteiger partial charge in [-0.05, 0) is 72.8 Å². The van der Waals surface area contributed by atoms with Crippen LogP contribution in [0.5, 0.6) is 0 Å². The Labute approximate surface area is 301 Å². The molecule has 7 rings (SSSR count). The zero-order valence-corrected chi connectivity index (χ0v) is 30.0. The zero-order chi connectivity index (χ0) is 37.8. The lowest BCUT2D eigenvalue weighted by Gasteiger charge is -2.22. The number of carbonyl (C=O) groups is 2. The normalized spacial score (nSPS) is 15.0. The predicted molar refractivity (Wildman–Crippen MR) is 198 cm³/mol. The smallest absolute Gasteiger partial charge is 0.407 e. The van der Waals surface area contributed by atoms with E-state index in [0.29, 0.717) is 35.1 Å². The molecule has 1 aliphatic rings. The van der Waals surface area contributed by atoms with Crippen molar-refractivity contribution in [3.8, 4) is 0 Å². The van der Waals surface area contributed by atoms with E-state index in [9.17, 15) is 24.5 Å². The molecule has 6 aromatic rings. The Hall–Kier alpha value is -5.90. The van der Waals surface area contributed by atoms with Gasteiger partial charge in [-0.1, -0.05) is 0 Å². The number of aromatic amines is 1. The summed E-state index contributed by atoms with van der Waals surface area (Å²) >= 11 is 0. The molecule has 0 saturated carbocycles. The molecule has 278 valence electrons. The molecule has 0 unspecified atom stereocenters. The minimum Gasteiger partial charge on any atom is -0.453 e. The maximum Gasteiger partial charge on any atom is 0.407 e. The SMILES string of the molecule is CN(C)CCCCNc1c(F)cc2c(=O)c(C(=O)N3CC[C@H](NC(=O)OC(C)(C)C)C3)cn3c4cc5oc6cc([N+](=O)[O-])ccc6[nH]c5cc4oc1c23.